The summed E-state index contributed by atoms with van der Waals surface area (Å²) >= 11 is 0. The number of sulfone groups is 1. The van der Waals surface area contributed by atoms with Crippen molar-refractivity contribution in [3.05, 3.63) is 54.6 Å². The molecule has 9 heteroatoms. The van der Waals surface area contributed by atoms with Crippen LogP contribution in [0.3, 0.4) is 0 Å². The Hall–Kier alpha value is -2.30. The summed E-state index contributed by atoms with van der Waals surface area (Å²) in [5, 5.41) is 2.90. The molecule has 4 aliphatic heterocycles. The van der Waals surface area contributed by atoms with E-state index < -0.39 is 27.5 Å². The molecule has 1 aliphatic carbocycles. The minimum atomic E-state index is -3.61. The van der Waals surface area contributed by atoms with Crippen LogP contribution in [0, 0.1) is 23.7 Å². The van der Waals surface area contributed by atoms with Crippen molar-refractivity contribution in [3.63, 3.8) is 0 Å². The van der Waals surface area contributed by atoms with E-state index in [-0.39, 0.29) is 40.1 Å². The lowest BCUT2D eigenvalue weighted by molar-refractivity contribution is -0.571. The van der Waals surface area contributed by atoms with E-state index in [2.05, 4.69) is 19.2 Å². The van der Waals surface area contributed by atoms with Crippen molar-refractivity contribution in [2.45, 2.75) is 92.9 Å². The van der Waals surface area contributed by atoms with Gasteiger partial charge in [-0.3, -0.25) is 4.79 Å². The quantitative estimate of drug-likeness (QED) is 0.471. The zero-order valence-corrected chi connectivity index (χ0v) is 23.5. The van der Waals surface area contributed by atoms with Crippen molar-refractivity contribution in [1.29, 1.82) is 0 Å². The average molecular weight is 556 g/mol. The zero-order chi connectivity index (χ0) is 27.4. The topological polar surface area (TPSA) is 100 Å². The standard InChI is InChI=1S/C30H37NO7S/c1-19-9-14-25-20(2)26(35-28-30(25)24(19)17-18-29(3,36-28)37-38-30)15-16-27(32)31-21-10-12-23(13-11-21)39(33,34)22-7-5-4-6-8-22/h4-8,10-13,19-20,24-26,28H,9,14-18H2,1-3H3,(H,31,32)/t19-,20-,24+,25+,26-,28-,29?,30-/m1/s1. The number of anilines is 1. The highest BCUT2D eigenvalue weighted by Crippen LogP contribution is 2.60. The van der Waals surface area contributed by atoms with Crippen LogP contribution in [0.2, 0.25) is 0 Å². The number of rotatable bonds is 6. The van der Waals surface area contributed by atoms with Gasteiger partial charge in [-0.05, 0) is 86.8 Å². The van der Waals surface area contributed by atoms with Crippen molar-refractivity contribution in [2.75, 3.05) is 5.32 Å². The Balaban J connectivity index is 1.11. The second-order valence-corrected chi connectivity index (χ2v) is 13.8. The van der Waals surface area contributed by atoms with E-state index in [0.29, 0.717) is 23.9 Å². The van der Waals surface area contributed by atoms with Gasteiger partial charge in [0.1, 0.15) is 0 Å². The molecule has 5 fully saturated rings. The molecule has 0 aromatic heterocycles. The monoisotopic (exact) mass is 555 g/mol. The highest BCUT2D eigenvalue weighted by molar-refractivity contribution is 7.91. The first-order valence-electron chi connectivity index (χ1n) is 14.0. The smallest absolute Gasteiger partial charge is 0.224 e. The molecule has 8 nitrogen and oxygen atoms in total. The van der Waals surface area contributed by atoms with Gasteiger partial charge in [-0.25, -0.2) is 18.2 Å². The van der Waals surface area contributed by atoms with Crippen LogP contribution in [0.4, 0.5) is 5.69 Å². The molecule has 7 rings (SSSR count). The molecule has 1 N–H and O–H groups in total. The van der Waals surface area contributed by atoms with Crippen molar-refractivity contribution in [1.82, 2.24) is 0 Å². The first kappa shape index (κ1) is 26.9. The van der Waals surface area contributed by atoms with Gasteiger partial charge in [-0.15, -0.1) is 0 Å². The Morgan fingerprint density at radius 2 is 1.67 bits per heavy atom. The molecule has 2 bridgehead atoms. The van der Waals surface area contributed by atoms with Gasteiger partial charge >= 0.3 is 0 Å². The van der Waals surface area contributed by atoms with E-state index in [0.717, 1.165) is 25.7 Å². The van der Waals surface area contributed by atoms with Crippen LogP contribution in [-0.2, 0) is 33.9 Å². The molecule has 1 spiro atoms. The molecule has 39 heavy (non-hydrogen) atoms. The number of hydrogen-bond acceptors (Lipinski definition) is 7. The highest BCUT2D eigenvalue weighted by atomic mass is 32.2. The minimum Gasteiger partial charge on any atom is -0.346 e. The summed E-state index contributed by atoms with van der Waals surface area (Å²) in [7, 11) is -3.61. The average Bonchev–Trinajstić information content (AvgIpc) is 3.16. The molecule has 1 amide bonds. The Morgan fingerprint density at radius 3 is 2.41 bits per heavy atom. The van der Waals surface area contributed by atoms with E-state index in [1.54, 1.807) is 42.5 Å². The fraction of sp³-hybridized carbons (Fsp3) is 0.567. The summed E-state index contributed by atoms with van der Waals surface area (Å²) in [6.45, 7) is 6.40. The lowest BCUT2D eigenvalue weighted by Crippen LogP contribution is -2.70. The number of carbonyl (C=O) groups is 1. The second-order valence-electron chi connectivity index (χ2n) is 11.9. The molecule has 4 heterocycles. The number of nitrogens with one attached hydrogen (secondary N) is 1. The maximum Gasteiger partial charge on any atom is 0.224 e. The van der Waals surface area contributed by atoms with Crippen LogP contribution in [0.15, 0.2) is 64.4 Å². The van der Waals surface area contributed by atoms with Crippen molar-refractivity contribution >= 4 is 21.4 Å². The SMILES string of the molecule is C[C@H]1[C@@H](CCC(=O)Nc2ccc(S(=O)(=O)c3ccccc3)cc2)O[C@@H]2OC3(C)CC[C@H]4[C@H](C)CC[C@@H]1[C@@]24OO3. The third-order valence-corrected chi connectivity index (χ3v) is 11.2. The second kappa shape index (κ2) is 9.96. The van der Waals surface area contributed by atoms with Gasteiger partial charge < -0.3 is 14.8 Å². The predicted molar refractivity (Wildman–Crippen MR) is 143 cm³/mol. The molecule has 5 aliphatic rings. The number of ether oxygens (including phenoxy) is 2. The van der Waals surface area contributed by atoms with Crippen LogP contribution in [0.5, 0.6) is 0 Å². The van der Waals surface area contributed by atoms with Gasteiger partial charge in [0.05, 0.1) is 15.9 Å². The fourth-order valence-electron chi connectivity index (χ4n) is 7.26. The summed E-state index contributed by atoms with van der Waals surface area (Å²) in [4.78, 5) is 25.4. The fourth-order valence-corrected chi connectivity index (χ4v) is 8.54. The molecule has 8 atom stereocenters. The van der Waals surface area contributed by atoms with Crippen LogP contribution in [0.25, 0.3) is 0 Å². The largest absolute Gasteiger partial charge is 0.346 e. The molecular weight excluding hydrogens is 518 g/mol. The van der Waals surface area contributed by atoms with E-state index in [9.17, 15) is 13.2 Å². The maximum absolute atomic E-state index is 12.9. The summed E-state index contributed by atoms with van der Waals surface area (Å²) in [5.74, 6) is 0.262. The molecule has 2 aromatic carbocycles. The Morgan fingerprint density at radius 1 is 0.949 bits per heavy atom. The number of amides is 1. The van der Waals surface area contributed by atoms with Gasteiger partial charge in [-0.2, -0.15) is 0 Å². The third-order valence-electron chi connectivity index (χ3n) is 9.45. The molecule has 0 radical (unpaired) electrons. The van der Waals surface area contributed by atoms with E-state index in [1.165, 1.54) is 12.1 Å². The van der Waals surface area contributed by atoms with Crippen molar-refractivity contribution < 1.29 is 32.5 Å². The molecular formula is C30H37NO7S. The van der Waals surface area contributed by atoms with Crippen molar-refractivity contribution in [2.24, 2.45) is 23.7 Å². The first-order valence-corrected chi connectivity index (χ1v) is 15.5. The summed E-state index contributed by atoms with van der Waals surface area (Å²) < 4.78 is 38.6. The Kier molecular flexibility index (Phi) is 6.87. The summed E-state index contributed by atoms with van der Waals surface area (Å²) in [6.07, 6.45) is 4.08. The molecule has 4 saturated heterocycles. The summed E-state index contributed by atoms with van der Waals surface area (Å²) in [5.41, 5.74) is -0.0520. The van der Waals surface area contributed by atoms with Gasteiger partial charge in [-0.1, -0.05) is 32.0 Å². The Labute approximate surface area is 230 Å². The van der Waals surface area contributed by atoms with Crippen LogP contribution >= 0.6 is 0 Å². The van der Waals surface area contributed by atoms with Gasteiger partial charge in [0.2, 0.25) is 21.5 Å². The number of hydrogen-bond donors (Lipinski definition) is 1. The lowest BCUT2D eigenvalue weighted by atomic mass is 9.57. The van der Waals surface area contributed by atoms with Gasteiger partial charge in [0.15, 0.2) is 11.9 Å². The molecule has 2 aromatic rings. The van der Waals surface area contributed by atoms with Crippen molar-refractivity contribution in [3.8, 4) is 0 Å². The normalized spacial score (nSPS) is 37.5. The molecule has 210 valence electrons. The van der Waals surface area contributed by atoms with Crippen LogP contribution < -0.4 is 5.32 Å². The summed E-state index contributed by atoms with van der Waals surface area (Å²) in [6, 6.07) is 14.6. The van der Waals surface area contributed by atoms with E-state index in [4.69, 9.17) is 19.2 Å². The number of carbonyl (C=O) groups excluding carboxylic acids is 1. The minimum absolute atomic E-state index is 0.143. The number of fused-ring (bicyclic) bond motifs is 2. The highest BCUT2D eigenvalue weighted by Gasteiger charge is 2.69. The van der Waals surface area contributed by atoms with Crippen LogP contribution in [-0.4, -0.2) is 38.1 Å². The van der Waals surface area contributed by atoms with E-state index >= 15 is 0 Å². The van der Waals surface area contributed by atoms with Gasteiger partial charge in [0.25, 0.3) is 0 Å². The first-order chi connectivity index (χ1) is 18.6. The zero-order valence-electron chi connectivity index (χ0n) is 22.7. The van der Waals surface area contributed by atoms with E-state index in [1.807, 2.05) is 6.92 Å². The Bertz CT molecular complexity index is 1320. The van der Waals surface area contributed by atoms with Crippen LogP contribution in [0.1, 0.15) is 59.3 Å². The third kappa shape index (κ3) is 4.62. The maximum atomic E-state index is 12.9. The lowest BCUT2D eigenvalue weighted by Gasteiger charge is -2.60. The van der Waals surface area contributed by atoms with Gasteiger partial charge in [0, 0.05) is 24.4 Å². The number of benzene rings is 2. The molecule has 1 unspecified atom stereocenters. The molecule has 1 saturated carbocycles. The predicted octanol–water partition coefficient (Wildman–Crippen LogP) is 5.49.